The smallest absolute Gasteiger partial charge is 0.311 e. The van der Waals surface area contributed by atoms with Gasteiger partial charge >= 0.3 is 5.97 Å². The Kier molecular flexibility index (Phi) is 5.62. The molecule has 4 heteroatoms. The summed E-state index contributed by atoms with van der Waals surface area (Å²) in [6, 6.07) is 18.1. The molecule has 0 saturated heterocycles. The van der Waals surface area contributed by atoms with Crippen LogP contribution in [0.15, 0.2) is 60.7 Å². The summed E-state index contributed by atoms with van der Waals surface area (Å²) in [6.07, 6.45) is 0. The van der Waals surface area contributed by atoms with Crippen molar-refractivity contribution < 1.29 is 14.7 Å². The quantitative estimate of drug-likeness (QED) is 0.644. The highest BCUT2D eigenvalue weighted by molar-refractivity contribution is 5.74. The number of benzene rings is 2. The molecule has 2 aromatic rings. The number of rotatable bonds is 5. The van der Waals surface area contributed by atoms with Crippen LogP contribution >= 0.6 is 0 Å². The maximum absolute atomic E-state index is 12.5. The molecular weight excluding hydrogens is 302 g/mol. The van der Waals surface area contributed by atoms with Gasteiger partial charge in [-0.05, 0) is 45.4 Å². The molecule has 0 spiro atoms. The van der Waals surface area contributed by atoms with E-state index in [4.69, 9.17) is 4.74 Å². The molecule has 0 amide bonds. The van der Waals surface area contributed by atoms with Gasteiger partial charge in [-0.3, -0.25) is 10.0 Å². The first-order valence-corrected chi connectivity index (χ1v) is 8.10. The van der Waals surface area contributed by atoms with Crippen LogP contribution in [-0.4, -0.2) is 16.8 Å². The molecule has 24 heavy (non-hydrogen) atoms. The van der Waals surface area contributed by atoms with Crippen LogP contribution in [-0.2, 0) is 9.53 Å². The second kappa shape index (κ2) is 7.49. The number of carbonyl (C=O) groups is 1. The lowest BCUT2D eigenvalue weighted by atomic mass is 9.93. The van der Waals surface area contributed by atoms with Crippen molar-refractivity contribution in [2.75, 3.05) is 5.06 Å². The average molecular weight is 327 g/mol. The van der Waals surface area contributed by atoms with Crippen molar-refractivity contribution in [1.82, 2.24) is 0 Å². The van der Waals surface area contributed by atoms with Gasteiger partial charge in [0.25, 0.3) is 0 Å². The summed E-state index contributed by atoms with van der Waals surface area (Å²) in [6.45, 7) is 7.28. The third-order valence-electron chi connectivity index (χ3n) is 3.68. The van der Waals surface area contributed by atoms with E-state index in [1.165, 1.54) is 0 Å². The Morgan fingerprint density at radius 3 is 2.00 bits per heavy atom. The summed E-state index contributed by atoms with van der Waals surface area (Å²) in [5, 5.41) is 11.9. The second-order valence-electron chi connectivity index (χ2n) is 6.86. The Morgan fingerprint density at radius 2 is 1.50 bits per heavy atom. The van der Waals surface area contributed by atoms with Gasteiger partial charge in [-0.15, -0.1) is 0 Å². The normalized spacial score (nSPS) is 13.9. The summed E-state index contributed by atoms with van der Waals surface area (Å²) in [5.41, 5.74) is 0.906. The zero-order valence-corrected chi connectivity index (χ0v) is 14.6. The predicted octanol–water partition coefficient (Wildman–Crippen LogP) is 4.60. The van der Waals surface area contributed by atoms with Gasteiger partial charge in [0.2, 0.25) is 0 Å². The molecule has 2 atom stereocenters. The molecule has 0 aliphatic heterocycles. The highest BCUT2D eigenvalue weighted by Gasteiger charge is 2.33. The Morgan fingerprint density at radius 1 is 1.00 bits per heavy atom. The van der Waals surface area contributed by atoms with E-state index in [2.05, 4.69) is 0 Å². The fraction of sp³-hybridized carbons (Fsp3) is 0.350. The second-order valence-corrected chi connectivity index (χ2v) is 6.86. The van der Waals surface area contributed by atoms with Crippen LogP contribution in [0.3, 0.4) is 0 Å². The van der Waals surface area contributed by atoms with Crippen LogP contribution in [0.1, 0.15) is 39.3 Å². The Bertz CT molecular complexity index is 650. The predicted molar refractivity (Wildman–Crippen MR) is 94.9 cm³/mol. The van der Waals surface area contributed by atoms with E-state index < -0.39 is 17.6 Å². The van der Waals surface area contributed by atoms with E-state index >= 15 is 0 Å². The zero-order chi connectivity index (χ0) is 17.7. The van der Waals surface area contributed by atoms with Gasteiger partial charge in [0, 0.05) is 0 Å². The van der Waals surface area contributed by atoms with Crippen LogP contribution in [0.25, 0.3) is 0 Å². The van der Waals surface area contributed by atoms with Crippen molar-refractivity contribution in [1.29, 1.82) is 0 Å². The fourth-order valence-electron chi connectivity index (χ4n) is 2.56. The van der Waals surface area contributed by atoms with Gasteiger partial charge < -0.3 is 4.74 Å². The molecule has 0 heterocycles. The summed E-state index contributed by atoms with van der Waals surface area (Å²) < 4.78 is 5.51. The van der Waals surface area contributed by atoms with Crippen molar-refractivity contribution in [3.63, 3.8) is 0 Å². The summed E-state index contributed by atoms with van der Waals surface area (Å²) in [7, 11) is 0. The molecule has 128 valence electrons. The number of hydrogen-bond donors (Lipinski definition) is 1. The molecular formula is C20H25NO3. The molecule has 0 aliphatic rings. The van der Waals surface area contributed by atoms with Gasteiger partial charge in [-0.25, -0.2) is 5.06 Å². The van der Waals surface area contributed by atoms with Crippen molar-refractivity contribution in [2.45, 2.75) is 39.3 Å². The van der Waals surface area contributed by atoms with E-state index in [1.54, 1.807) is 19.1 Å². The summed E-state index contributed by atoms with van der Waals surface area (Å²) in [5.74, 6) is -0.886. The number of carbonyl (C=O) groups excluding carboxylic acids is 1. The van der Waals surface area contributed by atoms with Crippen molar-refractivity contribution in [3.05, 3.63) is 66.2 Å². The lowest BCUT2D eigenvalue weighted by molar-refractivity contribution is -0.160. The standard InChI is InChI=1S/C20H25NO3/c1-15(19(22)24-20(2,3)4)18(16-11-7-5-8-12-16)21(23)17-13-9-6-10-14-17/h5-15,18,23H,1-4H3. The van der Waals surface area contributed by atoms with Crippen molar-refractivity contribution in [2.24, 2.45) is 5.92 Å². The molecule has 2 aromatic carbocycles. The minimum absolute atomic E-state index is 0.341. The molecule has 1 N–H and O–H groups in total. The Balaban J connectivity index is 2.35. The SMILES string of the molecule is CC(C(=O)OC(C)(C)C)C(c1ccccc1)N(O)c1ccccc1. The van der Waals surface area contributed by atoms with Crippen LogP contribution < -0.4 is 5.06 Å². The van der Waals surface area contributed by atoms with Crippen LogP contribution in [0.5, 0.6) is 0 Å². The highest BCUT2D eigenvalue weighted by Crippen LogP contribution is 2.33. The lowest BCUT2D eigenvalue weighted by Gasteiger charge is -2.33. The first kappa shape index (κ1) is 18.0. The van der Waals surface area contributed by atoms with Gasteiger partial charge in [-0.1, -0.05) is 48.5 Å². The molecule has 2 unspecified atom stereocenters. The highest BCUT2D eigenvalue weighted by atomic mass is 16.6. The molecule has 0 fully saturated rings. The molecule has 0 aliphatic carbocycles. The fourth-order valence-corrected chi connectivity index (χ4v) is 2.56. The number of hydroxylamine groups is 1. The van der Waals surface area contributed by atoms with Gasteiger partial charge in [-0.2, -0.15) is 0 Å². The number of para-hydroxylation sites is 1. The number of anilines is 1. The first-order valence-electron chi connectivity index (χ1n) is 8.10. The van der Waals surface area contributed by atoms with E-state index in [0.717, 1.165) is 10.6 Å². The molecule has 0 radical (unpaired) electrons. The largest absolute Gasteiger partial charge is 0.460 e. The molecule has 2 rings (SSSR count). The van der Waals surface area contributed by atoms with Gasteiger partial charge in [0.15, 0.2) is 0 Å². The van der Waals surface area contributed by atoms with Gasteiger partial charge in [0.05, 0.1) is 17.6 Å². The van der Waals surface area contributed by atoms with E-state index in [1.807, 2.05) is 69.3 Å². The molecule has 0 bridgehead atoms. The van der Waals surface area contributed by atoms with E-state index in [0.29, 0.717) is 5.69 Å². The number of esters is 1. The minimum Gasteiger partial charge on any atom is -0.460 e. The maximum atomic E-state index is 12.5. The van der Waals surface area contributed by atoms with Crippen LogP contribution in [0.4, 0.5) is 5.69 Å². The summed E-state index contributed by atoms with van der Waals surface area (Å²) in [4.78, 5) is 12.5. The topological polar surface area (TPSA) is 49.8 Å². The summed E-state index contributed by atoms with van der Waals surface area (Å²) >= 11 is 0. The Labute approximate surface area is 143 Å². The third kappa shape index (κ3) is 4.59. The molecule has 0 aromatic heterocycles. The zero-order valence-electron chi connectivity index (χ0n) is 14.6. The Hall–Kier alpha value is -2.33. The monoisotopic (exact) mass is 327 g/mol. The van der Waals surface area contributed by atoms with Crippen LogP contribution in [0, 0.1) is 5.92 Å². The molecule has 0 saturated carbocycles. The number of ether oxygens (including phenoxy) is 1. The lowest BCUT2D eigenvalue weighted by Crippen LogP contribution is -2.37. The third-order valence-corrected chi connectivity index (χ3v) is 3.68. The molecule has 4 nitrogen and oxygen atoms in total. The minimum atomic E-state index is -0.570. The average Bonchev–Trinajstić information content (AvgIpc) is 2.55. The van der Waals surface area contributed by atoms with Gasteiger partial charge in [0.1, 0.15) is 5.60 Å². The number of hydrogen-bond acceptors (Lipinski definition) is 4. The van der Waals surface area contributed by atoms with Crippen molar-refractivity contribution >= 4 is 11.7 Å². The maximum Gasteiger partial charge on any atom is 0.311 e. The van der Waals surface area contributed by atoms with E-state index in [9.17, 15) is 10.0 Å². The van der Waals surface area contributed by atoms with E-state index in [-0.39, 0.29) is 5.97 Å². The first-order chi connectivity index (χ1) is 11.3. The van der Waals surface area contributed by atoms with Crippen LogP contribution in [0.2, 0.25) is 0 Å². The number of nitrogens with zero attached hydrogens (tertiary/aromatic N) is 1. The van der Waals surface area contributed by atoms with Crippen molar-refractivity contribution in [3.8, 4) is 0 Å².